The van der Waals surface area contributed by atoms with Crippen LogP contribution in [0.2, 0.25) is 10.0 Å². The van der Waals surface area contributed by atoms with Gasteiger partial charge in [-0.15, -0.1) is 0 Å². The topological polar surface area (TPSA) is 65.5 Å². The lowest BCUT2D eigenvalue weighted by Gasteiger charge is -2.12. The Kier molecular flexibility index (Phi) is 5.91. The fourth-order valence-electron chi connectivity index (χ4n) is 1.99. The average molecular weight is 343 g/mol. The van der Waals surface area contributed by atoms with E-state index >= 15 is 0 Å². The molecule has 0 saturated heterocycles. The highest BCUT2D eigenvalue weighted by molar-refractivity contribution is 6.42. The number of nitrogens with zero attached hydrogens (tertiary/aromatic N) is 1. The van der Waals surface area contributed by atoms with Crippen molar-refractivity contribution >= 4 is 35.1 Å². The van der Waals surface area contributed by atoms with E-state index in [9.17, 15) is 4.79 Å². The molecule has 2 rings (SSSR count). The van der Waals surface area contributed by atoms with Gasteiger partial charge >= 0.3 is 0 Å². The first kappa shape index (κ1) is 16.9. The molecule has 0 radical (unpaired) electrons. The Balaban J connectivity index is 1.71. The minimum Gasteiger partial charge on any atom is -0.355 e. The summed E-state index contributed by atoms with van der Waals surface area (Å²) in [5.41, 5.74) is 0.490. The van der Waals surface area contributed by atoms with Crippen molar-refractivity contribution in [3.05, 3.63) is 33.8 Å². The van der Waals surface area contributed by atoms with E-state index in [1.54, 1.807) is 25.2 Å². The van der Waals surface area contributed by atoms with Gasteiger partial charge in [0, 0.05) is 31.7 Å². The van der Waals surface area contributed by atoms with Crippen molar-refractivity contribution in [1.82, 2.24) is 16.0 Å². The number of rotatable bonds is 5. The summed E-state index contributed by atoms with van der Waals surface area (Å²) in [6.07, 6.45) is 1.18. The minimum atomic E-state index is -0.181. The first-order chi connectivity index (χ1) is 10.5. The van der Waals surface area contributed by atoms with Crippen LogP contribution in [0.1, 0.15) is 23.7 Å². The predicted molar refractivity (Wildman–Crippen MR) is 90.9 cm³/mol. The van der Waals surface area contributed by atoms with Gasteiger partial charge in [0.05, 0.1) is 10.0 Å². The fourth-order valence-corrected chi connectivity index (χ4v) is 2.29. The third kappa shape index (κ3) is 4.78. The van der Waals surface area contributed by atoms with Crippen LogP contribution in [0.4, 0.5) is 0 Å². The van der Waals surface area contributed by atoms with Crippen LogP contribution in [-0.2, 0) is 0 Å². The van der Waals surface area contributed by atoms with Crippen LogP contribution < -0.4 is 16.0 Å². The van der Waals surface area contributed by atoms with Crippen LogP contribution >= 0.6 is 23.2 Å². The molecule has 2 atom stereocenters. The largest absolute Gasteiger partial charge is 0.355 e. The van der Waals surface area contributed by atoms with Gasteiger partial charge in [0.25, 0.3) is 5.91 Å². The molecule has 22 heavy (non-hydrogen) atoms. The van der Waals surface area contributed by atoms with E-state index in [1.165, 1.54) is 6.42 Å². The molecule has 0 aliphatic heterocycles. The quantitative estimate of drug-likeness (QED) is 0.437. The maximum Gasteiger partial charge on any atom is 0.251 e. The van der Waals surface area contributed by atoms with Crippen LogP contribution in [0.15, 0.2) is 23.2 Å². The number of guanidine groups is 1. The maximum absolute atomic E-state index is 12.0. The second-order valence-electron chi connectivity index (χ2n) is 5.35. The van der Waals surface area contributed by atoms with E-state index in [2.05, 4.69) is 27.9 Å². The molecule has 5 nitrogen and oxygen atoms in total. The normalized spacial score (nSPS) is 20.5. The van der Waals surface area contributed by atoms with Crippen molar-refractivity contribution in [2.24, 2.45) is 10.9 Å². The van der Waals surface area contributed by atoms with Crippen molar-refractivity contribution < 1.29 is 4.79 Å². The number of hydrogen-bond donors (Lipinski definition) is 3. The zero-order valence-corrected chi connectivity index (χ0v) is 14.1. The molecule has 1 aliphatic carbocycles. The van der Waals surface area contributed by atoms with E-state index in [1.807, 2.05) is 0 Å². The van der Waals surface area contributed by atoms with Crippen LogP contribution in [-0.4, -0.2) is 38.0 Å². The average Bonchev–Trinajstić information content (AvgIpc) is 3.20. The Morgan fingerprint density at radius 1 is 1.27 bits per heavy atom. The van der Waals surface area contributed by atoms with Crippen molar-refractivity contribution in [3.63, 3.8) is 0 Å². The zero-order valence-electron chi connectivity index (χ0n) is 12.6. The molecule has 1 amide bonds. The van der Waals surface area contributed by atoms with E-state index in [-0.39, 0.29) is 5.91 Å². The lowest BCUT2D eigenvalue weighted by Crippen LogP contribution is -2.42. The number of hydrogen-bond acceptors (Lipinski definition) is 2. The Morgan fingerprint density at radius 2 is 1.95 bits per heavy atom. The molecule has 1 aliphatic rings. The fraction of sp³-hybridized carbons (Fsp3) is 0.467. The minimum absolute atomic E-state index is 0.181. The molecular weight excluding hydrogens is 323 g/mol. The predicted octanol–water partition coefficient (Wildman–Crippen LogP) is 2.30. The van der Waals surface area contributed by atoms with Gasteiger partial charge in [-0.05, 0) is 30.5 Å². The van der Waals surface area contributed by atoms with E-state index in [0.717, 1.165) is 5.96 Å². The summed E-state index contributed by atoms with van der Waals surface area (Å²) in [7, 11) is 1.73. The maximum atomic E-state index is 12.0. The lowest BCUT2D eigenvalue weighted by atomic mass is 10.2. The molecule has 0 aromatic heterocycles. The van der Waals surface area contributed by atoms with Crippen LogP contribution in [0.5, 0.6) is 0 Å². The third-order valence-corrected chi connectivity index (χ3v) is 4.28. The van der Waals surface area contributed by atoms with Gasteiger partial charge in [-0.1, -0.05) is 30.1 Å². The Labute approximate surface area is 140 Å². The number of aliphatic imine (C=N–C) groups is 1. The van der Waals surface area contributed by atoms with Crippen LogP contribution in [0.25, 0.3) is 0 Å². The first-order valence-corrected chi connectivity index (χ1v) is 7.97. The highest BCUT2D eigenvalue weighted by atomic mass is 35.5. The number of carbonyl (C=O) groups is 1. The number of amides is 1. The van der Waals surface area contributed by atoms with Crippen molar-refractivity contribution in [2.45, 2.75) is 19.4 Å². The SMILES string of the molecule is CN=C(NCCNC(=O)c1ccc(Cl)c(Cl)c1)NC1CC1C. The van der Waals surface area contributed by atoms with E-state index in [4.69, 9.17) is 23.2 Å². The lowest BCUT2D eigenvalue weighted by molar-refractivity contribution is 0.0954. The summed E-state index contributed by atoms with van der Waals surface area (Å²) in [5.74, 6) is 1.28. The van der Waals surface area contributed by atoms with Gasteiger partial charge < -0.3 is 16.0 Å². The number of benzene rings is 1. The molecule has 0 spiro atoms. The Bertz CT molecular complexity index is 577. The third-order valence-electron chi connectivity index (χ3n) is 3.54. The first-order valence-electron chi connectivity index (χ1n) is 7.21. The molecule has 7 heteroatoms. The molecule has 1 saturated carbocycles. The molecule has 1 fully saturated rings. The molecule has 1 aromatic carbocycles. The van der Waals surface area contributed by atoms with Gasteiger partial charge in [0.1, 0.15) is 0 Å². The highest BCUT2D eigenvalue weighted by Crippen LogP contribution is 2.28. The van der Waals surface area contributed by atoms with E-state index < -0.39 is 0 Å². The highest BCUT2D eigenvalue weighted by Gasteiger charge is 2.33. The summed E-state index contributed by atoms with van der Waals surface area (Å²) < 4.78 is 0. The zero-order chi connectivity index (χ0) is 16.1. The number of halogens is 2. The standard InChI is InChI=1S/C15H20Cl2N4O/c1-9-7-13(9)21-15(18-2)20-6-5-19-14(22)10-3-4-11(16)12(17)8-10/h3-4,8-9,13H,5-7H2,1-2H3,(H,19,22)(H2,18,20,21). The van der Waals surface area contributed by atoms with Crippen LogP contribution in [0.3, 0.4) is 0 Å². The summed E-state index contributed by atoms with van der Waals surface area (Å²) in [6.45, 7) is 3.27. The van der Waals surface area contributed by atoms with Gasteiger partial charge in [0.2, 0.25) is 0 Å². The number of carbonyl (C=O) groups excluding carboxylic acids is 1. The van der Waals surface area contributed by atoms with Crippen molar-refractivity contribution in [1.29, 1.82) is 0 Å². The van der Waals surface area contributed by atoms with Crippen molar-refractivity contribution in [2.75, 3.05) is 20.1 Å². The van der Waals surface area contributed by atoms with Gasteiger partial charge in [-0.3, -0.25) is 9.79 Å². The molecular formula is C15H20Cl2N4O. The smallest absolute Gasteiger partial charge is 0.251 e. The Hall–Kier alpha value is -1.46. The van der Waals surface area contributed by atoms with E-state index in [0.29, 0.717) is 40.7 Å². The monoisotopic (exact) mass is 342 g/mol. The number of nitrogens with one attached hydrogen (secondary N) is 3. The van der Waals surface area contributed by atoms with Gasteiger partial charge in [-0.2, -0.15) is 0 Å². The molecule has 3 N–H and O–H groups in total. The molecule has 120 valence electrons. The summed E-state index contributed by atoms with van der Waals surface area (Å²) in [5, 5.41) is 10.1. The molecule has 2 unspecified atom stereocenters. The van der Waals surface area contributed by atoms with Gasteiger partial charge in [-0.25, -0.2) is 0 Å². The summed E-state index contributed by atoms with van der Waals surface area (Å²) in [6, 6.07) is 5.32. The molecule has 0 bridgehead atoms. The summed E-state index contributed by atoms with van der Waals surface area (Å²) >= 11 is 11.7. The summed E-state index contributed by atoms with van der Waals surface area (Å²) in [4.78, 5) is 16.1. The second kappa shape index (κ2) is 7.70. The van der Waals surface area contributed by atoms with Crippen molar-refractivity contribution in [3.8, 4) is 0 Å². The molecule has 0 heterocycles. The van der Waals surface area contributed by atoms with Crippen LogP contribution in [0, 0.1) is 5.92 Å². The Morgan fingerprint density at radius 3 is 2.55 bits per heavy atom. The molecule has 1 aromatic rings. The van der Waals surface area contributed by atoms with Gasteiger partial charge in [0.15, 0.2) is 5.96 Å². The second-order valence-corrected chi connectivity index (χ2v) is 6.16.